The number of methoxy groups -OCH3 is 3. The first-order valence-corrected chi connectivity index (χ1v) is 10.4. The zero-order valence-electron chi connectivity index (χ0n) is 17.9. The summed E-state index contributed by atoms with van der Waals surface area (Å²) < 4.78 is 16.8. The molecule has 152 valence electrons. The standard InChI is InChI=1S/C23H36O4/c1-15(2)17-9-10-23(21(24)27-6)12-11-22(3)18(20(17)23)8-7-16(14-25-4)13-19(22)26-5/h7,15,18-19H,8-14H2,1-6H3/t18-,19?,22-,23+/m1/s1. The van der Waals surface area contributed by atoms with Gasteiger partial charge in [0.15, 0.2) is 0 Å². The van der Waals surface area contributed by atoms with Crippen LogP contribution in [-0.4, -0.2) is 40.0 Å². The molecule has 4 heteroatoms. The van der Waals surface area contributed by atoms with Gasteiger partial charge in [-0.3, -0.25) is 4.79 Å². The number of hydrogen-bond acceptors (Lipinski definition) is 4. The molecule has 3 rings (SSSR count). The summed E-state index contributed by atoms with van der Waals surface area (Å²) in [5, 5.41) is 0. The molecule has 4 atom stereocenters. The largest absolute Gasteiger partial charge is 0.468 e. The zero-order chi connectivity index (χ0) is 19.8. The van der Waals surface area contributed by atoms with Crippen molar-refractivity contribution in [3.8, 4) is 0 Å². The molecule has 0 bridgehead atoms. The van der Waals surface area contributed by atoms with E-state index >= 15 is 0 Å². The van der Waals surface area contributed by atoms with E-state index in [0.29, 0.717) is 18.4 Å². The van der Waals surface area contributed by atoms with Crippen molar-refractivity contribution in [1.82, 2.24) is 0 Å². The van der Waals surface area contributed by atoms with Gasteiger partial charge in [0.25, 0.3) is 0 Å². The van der Waals surface area contributed by atoms with Gasteiger partial charge < -0.3 is 14.2 Å². The molecule has 0 heterocycles. The molecule has 1 unspecified atom stereocenters. The smallest absolute Gasteiger partial charge is 0.315 e. The molecule has 1 fully saturated rings. The lowest BCUT2D eigenvalue weighted by Crippen LogP contribution is -2.50. The summed E-state index contributed by atoms with van der Waals surface area (Å²) in [6, 6.07) is 0. The molecule has 0 saturated heterocycles. The van der Waals surface area contributed by atoms with Crippen LogP contribution in [0.1, 0.15) is 59.3 Å². The van der Waals surface area contributed by atoms with Crippen LogP contribution >= 0.6 is 0 Å². The van der Waals surface area contributed by atoms with Crippen LogP contribution in [-0.2, 0) is 19.0 Å². The van der Waals surface area contributed by atoms with Gasteiger partial charge in [-0.1, -0.05) is 32.4 Å². The highest BCUT2D eigenvalue weighted by molar-refractivity contribution is 5.82. The van der Waals surface area contributed by atoms with Crippen molar-refractivity contribution < 1.29 is 19.0 Å². The van der Waals surface area contributed by atoms with E-state index in [4.69, 9.17) is 14.2 Å². The van der Waals surface area contributed by atoms with Gasteiger partial charge in [0.05, 0.1) is 25.2 Å². The Hall–Kier alpha value is -1.13. The number of carbonyl (C=O) groups is 1. The van der Waals surface area contributed by atoms with Crippen molar-refractivity contribution in [2.24, 2.45) is 22.7 Å². The van der Waals surface area contributed by atoms with Crippen LogP contribution in [0.25, 0.3) is 0 Å². The van der Waals surface area contributed by atoms with E-state index in [9.17, 15) is 4.79 Å². The van der Waals surface area contributed by atoms with Gasteiger partial charge >= 0.3 is 5.97 Å². The third-order valence-corrected chi connectivity index (χ3v) is 7.63. The van der Waals surface area contributed by atoms with Gasteiger partial charge in [0.2, 0.25) is 0 Å². The van der Waals surface area contributed by atoms with Gasteiger partial charge in [-0.15, -0.1) is 0 Å². The van der Waals surface area contributed by atoms with E-state index < -0.39 is 5.41 Å². The first-order valence-electron chi connectivity index (χ1n) is 10.4. The minimum atomic E-state index is -0.420. The predicted molar refractivity (Wildman–Crippen MR) is 106 cm³/mol. The molecule has 0 aliphatic heterocycles. The van der Waals surface area contributed by atoms with Gasteiger partial charge in [0.1, 0.15) is 0 Å². The van der Waals surface area contributed by atoms with Crippen molar-refractivity contribution in [3.05, 3.63) is 22.8 Å². The molecule has 3 aliphatic carbocycles. The molecule has 0 N–H and O–H groups in total. The number of carbonyl (C=O) groups excluding carboxylic acids is 1. The Morgan fingerprint density at radius 1 is 1.22 bits per heavy atom. The summed E-state index contributed by atoms with van der Waals surface area (Å²) in [5.74, 6) is 0.750. The lowest BCUT2D eigenvalue weighted by molar-refractivity contribution is -0.155. The zero-order valence-corrected chi connectivity index (χ0v) is 17.9. The molecule has 4 nitrogen and oxygen atoms in total. The third kappa shape index (κ3) is 3.19. The van der Waals surface area contributed by atoms with Crippen LogP contribution in [0.3, 0.4) is 0 Å². The fraction of sp³-hybridized carbons (Fsp3) is 0.783. The molecule has 0 aromatic heterocycles. The lowest BCUT2D eigenvalue weighted by Gasteiger charge is -2.52. The molecule has 0 radical (unpaired) electrons. The summed E-state index contributed by atoms with van der Waals surface area (Å²) in [7, 11) is 5.12. The van der Waals surface area contributed by atoms with E-state index in [-0.39, 0.29) is 17.5 Å². The molecule has 27 heavy (non-hydrogen) atoms. The van der Waals surface area contributed by atoms with E-state index in [1.165, 1.54) is 23.8 Å². The van der Waals surface area contributed by atoms with E-state index in [2.05, 4.69) is 26.8 Å². The topological polar surface area (TPSA) is 44.8 Å². The molecular formula is C23H36O4. The molecule has 0 aromatic rings. The summed E-state index contributed by atoms with van der Waals surface area (Å²) >= 11 is 0. The minimum Gasteiger partial charge on any atom is -0.468 e. The van der Waals surface area contributed by atoms with Crippen LogP contribution < -0.4 is 0 Å². The van der Waals surface area contributed by atoms with Crippen LogP contribution in [0.4, 0.5) is 0 Å². The average molecular weight is 377 g/mol. The van der Waals surface area contributed by atoms with Gasteiger partial charge in [-0.05, 0) is 61.5 Å². The maximum absolute atomic E-state index is 13.0. The molecule has 3 aliphatic rings. The highest BCUT2D eigenvalue weighted by Gasteiger charge is 2.59. The Balaban J connectivity index is 2.13. The van der Waals surface area contributed by atoms with Crippen LogP contribution in [0, 0.1) is 22.7 Å². The molecular weight excluding hydrogens is 340 g/mol. The molecule has 0 spiro atoms. The lowest BCUT2D eigenvalue weighted by atomic mass is 9.53. The maximum Gasteiger partial charge on any atom is 0.315 e. The predicted octanol–water partition coefficient (Wildman–Crippen LogP) is 4.69. The SMILES string of the molecule is COCC1=CC[C@@H]2C3=C(C(C)C)CC[C@]3(C(=O)OC)CC[C@@]2(C)C(OC)C1. The first kappa shape index (κ1) is 20.6. The Bertz CT molecular complexity index is 647. The fourth-order valence-electron chi connectivity index (χ4n) is 6.10. The van der Waals surface area contributed by atoms with Crippen molar-refractivity contribution in [2.45, 2.75) is 65.4 Å². The molecule has 0 amide bonds. The van der Waals surface area contributed by atoms with Crippen molar-refractivity contribution >= 4 is 5.97 Å². The quantitative estimate of drug-likeness (QED) is 0.516. The summed E-state index contributed by atoms with van der Waals surface area (Å²) in [5.41, 5.74) is 3.78. The molecule has 0 aromatic carbocycles. The van der Waals surface area contributed by atoms with Gasteiger partial charge in [-0.2, -0.15) is 0 Å². The van der Waals surface area contributed by atoms with E-state index in [1.807, 2.05) is 7.11 Å². The average Bonchev–Trinajstić information content (AvgIpc) is 2.98. The number of ether oxygens (including phenoxy) is 3. The number of fused-ring (bicyclic) bond motifs is 3. The summed E-state index contributed by atoms with van der Waals surface area (Å²) in [6.07, 6.45) is 8.14. The minimum absolute atomic E-state index is 0.0259. The summed E-state index contributed by atoms with van der Waals surface area (Å²) in [6.45, 7) is 7.55. The second kappa shape index (κ2) is 7.71. The van der Waals surface area contributed by atoms with Crippen LogP contribution in [0.5, 0.6) is 0 Å². The van der Waals surface area contributed by atoms with Crippen molar-refractivity contribution in [2.75, 3.05) is 27.9 Å². The fourth-order valence-corrected chi connectivity index (χ4v) is 6.10. The van der Waals surface area contributed by atoms with Crippen LogP contribution in [0.15, 0.2) is 22.8 Å². The number of allylic oxidation sites excluding steroid dienone is 2. The second-order valence-corrected chi connectivity index (χ2v) is 9.19. The maximum atomic E-state index is 13.0. The first-order chi connectivity index (χ1) is 12.8. The Morgan fingerprint density at radius 2 is 1.96 bits per heavy atom. The second-order valence-electron chi connectivity index (χ2n) is 9.19. The van der Waals surface area contributed by atoms with Crippen molar-refractivity contribution in [1.29, 1.82) is 0 Å². The number of esters is 1. The van der Waals surface area contributed by atoms with Crippen LogP contribution in [0.2, 0.25) is 0 Å². The van der Waals surface area contributed by atoms with Gasteiger partial charge in [-0.25, -0.2) is 0 Å². The number of hydrogen-bond donors (Lipinski definition) is 0. The Morgan fingerprint density at radius 3 is 2.56 bits per heavy atom. The normalized spacial score (nSPS) is 36.2. The molecule has 1 saturated carbocycles. The Labute approximate surface area is 164 Å². The number of rotatable bonds is 5. The third-order valence-electron chi connectivity index (χ3n) is 7.63. The highest BCUT2D eigenvalue weighted by Crippen LogP contribution is 2.64. The van der Waals surface area contributed by atoms with Gasteiger partial charge in [0, 0.05) is 19.6 Å². The Kier molecular flexibility index (Phi) is 5.88. The highest BCUT2D eigenvalue weighted by atomic mass is 16.5. The van der Waals surface area contributed by atoms with E-state index in [0.717, 1.165) is 38.5 Å². The van der Waals surface area contributed by atoms with Crippen molar-refractivity contribution in [3.63, 3.8) is 0 Å². The van der Waals surface area contributed by atoms with E-state index in [1.54, 1.807) is 7.11 Å². The monoisotopic (exact) mass is 376 g/mol. The summed E-state index contributed by atoms with van der Waals surface area (Å²) in [4.78, 5) is 13.0.